The van der Waals surface area contributed by atoms with Crippen molar-refractivity contribution in [3.8, 4) is 23.0 Å². The first-order valence-electron chi connectivity index (χ1n) is 6.49. The Morgan fingerprint density at radius 3 is 1.36 bits per heavy atom. The summed E-state index contributed by atoms with van der Waals surface area (Å²) in [5.74, 6) is -1.96. The SMILES string of the molecule is O=C(CCC(=O)c1ccc(O)cc1O)c1ccc(O)cc1O. The zero-order valence-corrected chi connectivity index (χ0v) is 11.5. The fourth-order valence-electron chi connectivity index (χ4n) is 2.01. The van der Waals surface area contributed by atoms with Crippen LogP contribution in [0.25, 0.3) is 0 Å². The van der Waals surface area contributed by atoms with Crippen molar-refractivity contribution in [3.05, 3.63) is 47.5 Å². The van der Waals surface area contributed by atoms with E-state index in [1.54, 1.807) is 0 Å². The quantitative estimate of drug-likeness (QED) is 0.630. The number of rotatable bonds is 5. The molecule has 0 saturated heterocycles. The molecule has 2 aromatic rings. The van der Waals surface area contributed by atoms with Gasteiger partial charge in [-0.05, 0) is 24.3 Å². The van der Waals surface area contributed by atoms with Crippen LogP contribution in [0, 0.1) is 0 Å². The third kappa shape index (κ3) is 3.35. The number of ketones is 2. The molecule has 0 amide bonds. The first-order chi connectivity index (χ1) is 10.4. The van der Waals surface area contributed by atoms with E-state index < -0.39 is 11.6 Å². The van der Waals surface area contributed by atoms with Crippen molar-refractivity contribution in [1.82, 2.24) is 0 Å². The summed E-state index contributed by atoms with van der Waals surface area (Å²) in [6.07, 6.45) is -0.311. The van der Waals surface area contributed by atoms with E-state index in [2.05, 4.69) is 0 Å². The van der Waals surface area contributed by atoms with E-state index in [1.165, 1.54) is 24.3 Å². The van der Waals surface area contributed by atoms with Crippen LogP contribution < -0.4 is 0 Å². The van der Waals surface area contributed by atoms with Gasteiger partial charge in [0.05, 0.1) is 11.1 Å². The summed E-state index contributed by atoms with van der Waals surface area (Å²) in [4.78, 5) is 23.9. The van der Waals surface area contributed by atoms with Crippen LogP contribution >= 0.6 is 0 Å². The molecule has 0 aromatic heterocycles. The van der Waals surface area contributed by atoms with E-state index >= 15 is 0 Å². The van der Waals surface area contributed by atoms with E-state index in [1.807, 2.05) is 0 Å². The molecule has 6 nitrogen and oxygen atoms in total. The maximum absolute atomic E-state index is 12.0. The van der Waals surface area contributed by atoms with Crippen molar-refractivity contribution in [2.24, 2.45) is 0 Å². The van der Waals surface area contributed by atoms with E-state index in [0.29, 0.717) is 0 Å². The molecule has 0 unspecified atom stereocenters. The van der Waals surface area contributed by atoms with Crippen LogP contribution in [0.15, 0.2) is 36.4 Å². The maximum Gasteiger partial charge on any atom is 0.167 e. The van der Waals surface area contributed by atoms with Gasteiger partial charge in [-0.2, -0.15) is 0 Å². The van der Waals surface area contributed by atoms with Gasteiger partial charge in [-0.1, -0.05) is 0 Å². The molecule has 0 aliphatic rings. The number of Topliss-reactive ketones (excluding diaryl/α,β-unsaturated/α-hetero) is 2. The summed E-state index contributed by atoms with van der Waals surface area (Å²) in [5.41, 5.74) is 0.0288. The molecule has 2 aromatic carbocycles. The van der Waals surface area contributed by atoms with Gasteiger partial charge >= 0.3 is 0 Å². The molecule has 0 heterocycles. The summed E-state index contributed by atoms with van der Waals surface area (Å²) < 4.78 is 0. The van der Waals surface area contributed by atoms with Crippen LogP contribution in [-0.4, -0.2) is 32.0 Å². The van der Waals surface area contributed by atoms with Gasteiger partial charge in [-0.3, -0.25) is 9.59 Å². The van der Waals surface area contributed by atoms with Gasteiger partial charge in [-0.25, -0.2) is 0 Å². The molecule has 22 heavy (non-hydrogen) atoms. The van der Waals surface area contributed by atoms with Crippen LogP contribution in [-0.2, 0) is 0 Å². The number of carbonyl (C=O) groups excluding carboxylic acids is 2. The molecular formula is C16H14O6. The summed E-state index contributed by atoms with van der Waals surface area (Å²) in [6.45, 7) is 0. The van der Waals surface area contributed by atoms with Crippen molar-refractivity contribution in [1.29, 1.82) is 0 Å². The van der Waals surface area contributed by atoms with Crippen LogP contribution in [0.5, 0.6) is 23.0 Å². The molecule has 0 aliphatic heterocycles. The maximum atomic E-state index is 12.0. The highest BCUT2D eigenvalue weighted by atomic mass is 16.3. The van der Waals surface area contributed by atoms with Crippen molar-refractivity contribution in [2.45, 2.75) is 12.8 Å². The van der Waals surface area contributed by atoms with Gasteiger partial charge in [-0.15, -0.1) is 0 Å². The molecule has 0 radical (unpaired) electrons. The Hall–Kier alpha value is -3.02. The lowest BCUT2D eigenvalue weighted by molar-refractivity contribution is 0.0914. The van der Waals surface area contributed by atoms with Gasteiger partial charge in [0.15, 0.2) is 11.6 Å². The van der Waals surface area contributed by atoms with Crippen molar-refractivity contribution in [3.63, 3.8) is 0 Å². The molecular weight excluding hydrogens is 288 g/mol. The Labute approximate surface area is 125 Å². The van der Waals surface area contributed by atoms with Crippen molar-refractivity contribution < 1.29 is 30.0 Å². The number of aromatic hydroxyl groups is 4. The summed E-state index contributed by atoms with van der Waals surface area (Å²) >= 11 is 0. The third-order valence-electron chi connectivity index (χ3n) is 3.14. The second-order valence-corrected chi connectivity index (χ2v) is 4.75. The van der Waals surface area contributed by atoms with E-state index in [9.17, 15) is 19.8 Å². The van der Waals surface area contributed by atoms with Gasteiger partial charge < -0.3 is 20.4 Å². The number of phenols is 4. The largest absolute Gasteiger partial charge is 0.508 e. The molecule has 4 N–H and O–H groups in total. The number of hydrogen-bond donors (Lipinski definition) is 4. The van der Waals surface area contributed by atoms with Gasteiger partial charge in [0.2, 0.25) is 0 Å². The highest BCUT2D eigenvalue weighted by Gasteiger charge is 2.16. The second-order valence-electron chi connectivity index (χ2n) is 4.75. The molecule has 114 valence electrons. The smallest absolute Gasteiger partial charge is 0.167 e. The fourth-order valence-corrected chi connectivity index (χ4v) is 2.01. The highest BCUT2D eigenvalue weighted by molar-refractivity contribution is 6.04. The minimum Gasteiger partial charge on any atom is -0.508 e. The second kappa shape index (κ2) is 6.17. The van der Waals surface area contributed by atoms with Gasteiger partial charge in [0.25, 0.3) is 0 Å². The lowest BCUT2D eigenvalue weighted by Crippen LogP contribution is -2.05. The normalized spacial score (nSPS) is 10.4. The Morgan fingerprint density at radius 2 is 1.05 bits per heavy atom. The number of carbonyl (C=O) groups is 2. The molecule has 6 heteroatoms. The van der Waals surface area contributed by atoms with Crippen molar-refractivity contribution >= 4 is 11.6 Å². The molecule has 2 rings (SSSR count). The predicted octanol–water partition coefficient (Wildman–Crippen LogP) is 2.35. The molecule has 0 atom stereocenters. The molecule has 0 saturated carbocycles. The summed E-state index contributed by atoms with van der Waals surface area (Å²) in [5, 5.41) is 37.5. The molecule has 0 spiro atoms. The Balaban J connectivity index is 2.06. The Bertz CT molecular complexity index is 672. The first kappa shape index (κ1) is 15.4. The van der Waals surface area contributed by atoms with E-state index in [0.717, 1.165) is 12.1 Å². The standard InChI is InChI=1S/C16H14O6/c17-9-1-3-11(15(21)7-9)13(19)5-6-14(20)12-4-2-10(18)8-16(12)22/h1-4,7-8,17-18,21-22H,5-6H2. The average Bonchev–Trinajstić information content (AvgIpc) is 2.44. The monoisotopic (exact) mass is 302 g/mol. The zero-order chi connectivity index (χ0) is 16.3. The summed E-state index contributed by atoms with van der Waals surface area (Å²) in [7, 11) is 0. The Kier molecular flexibility index (Phi) is 4.31. The molecule has 0 aliphatic carbocycles. The van der Waals surface area contributed by atoms with Gasteiger partial charge in [0.1, 0.15) is 23.0 Å². The first-order valence-corrected chi connectivity index (χ1v) is 6.49. The zero-order valence-electron chi connectivity index (χ0n) is 11.5. The van der Waals surface area contributed by atoms with Crippen LogP contribution in [0.3, 0.4) is 0 Å². The Morgan fingerprint density at radius 1 is 0.682 bits per heavy atom. The average molecular weight is 302 g/mol. The minimum atomic E-state index is -0.455. The van der Waals surface area contributed by atoms with Crippen LogP contribution in [0.1, 0.15) is 33.6 Å². The lowest BCUT2D eigenvalue weighted by atomic mass is 10.0. The van der Waals surface area contributed by atoms with E-state index in [-0.39, 0.29) is 47.0 Å². The molecule has 0 fully saturated rings. The number of benzene rings is 2. The van der Waals surface area contributed by atoms with Crippen LogP contribution in [0.2, 0.25) is 0 Å². The topological polar surface area (TPSA) is 115 Å². The third-order valence-corrected chi connectivity index (χ3v) is 3.14. The van der Waals surface area contributed by atoms with E-state index in [4.69, 9.17) is 10.2 Å². The lowest BCUT2D eigenvalue weighted by Gasteiger charge is -2.06. The van der Waals surface area contributed by atoms with Crippen molar-refractivity contribution in [2.75, 3.05) is 0 Å². The summed E-state index contributed by atoms with van der Waals surface area (Å²) in [6, 6.07) is 7.16. The predicted molar refractivity (Wildman–Crippen MR) is 77.4 cm³/mol. The molecule has 0 bridgehead atoms. The highest BCUT2D eigenvalue weighted by Crippen LogP contribution is 2.26. The number of hydrogen-bond acceptors (Lipinski definition) is 6. The van der Waals surface area contributed by atoms with Gasteiger partial charge in [0, 0.05) is 25.0 Å². The number of phenolic OH excluding ortho intramolecular Hbond substituents is 4. The fraction of sp³-hybridized carbons (Fsp3) is 0.125. The minimum absolute atomic E-state index is 0.0144. The van der Waals surface area contributed by atoms with Crippen LogP contribution in [0.4, 0.5) is 0 Å².